The first-order chi connectivity index (χ1) is 9.70. The molecule has 0 aromatic carbocycles. The molecule has 0 unspecified atom stereocenters. The largest absolute Gasteiger partial charge is 0.478 e. The van der Waals surface area contributed by atoms with Gasteiger partial charge in [0, 0.05) is 31.3 Å². The minimum absolute atomic E-state index is 0.0138. The maximum absolute atomic E-state index is 12.0. The van der Waals surface area contributed by atoms with Crippen LogP contribution in [0.2, 0.25) is 0 Å². The second kappa shape index (κ2) is 6.88. The summed E-state index contributed by atoms with van der Waals surface area (Å²) >= 11 is 0. The lowest BCUT2D eigenvalue weighted by Gasteiger charge is -2.21. The lowest BCUT2D eigenvalue weighted by Crippen LogP contribution is -2.42. The number of nitrogens with zero attached hydrogens (tertiary/aromatic N) is 1. The zero-order valence-electron chi connectivity index (χ0n) is 11.5. The second-order valence-corrected chi connectivity index (χ2v) is 4.66. The van der Waals surface area contributed by atoms with Crippen molar-refractivity contribution in [3.63, 3.8) is 0 Å². The summed E-state index contributed by atoms with van der Waals surface area (Å²) in [7, 11) is 0. The molecule has 6 nitrogen and oxygen atoms in total. The fourth-order valence-corrected chi connectivity index (χ4v) is 2.11. The van der Waals surface area contributed by atoms with E-state index in [4.69, 9.17) is 4.74 Å². The zero-order valence-corrected chi connectivity index (χ0v) is 11.5. The van der Waals surface area contributed by atoms with Crippen LogP contribution in [0.15, 0.2) is 18.3 Å². The average Bonchev–Trinajstić information content (AvgIpc) is 2.47. The third-order valence-corrected chi connectivity index (χ3v) is 3.22. The zero-order chi connectivity index (χ0) is 14.4. The Balaban J connectivity index is 1.88. The fraction of sp³-hybridized carbons (Fsp3) is 0.500. The van der Waals surface area contributed by atoms with Crippen molar-refractivity contribution in [3.8, 4) is 5.88 Å². The lowest BCUT2D eigenvalue weighted by atomic mass is 9.98. The van der Waals surface area contributed by atoms with Crippen molar-refractivity contribution in [3.05, 3.63) is 23.9 Å². The van der Waals surface area contributed by atoms with E-state index in [1.807, 2.05) is 19.1 Å². The molecule has 2 amide bonds. The standard InChI is InChI=1S/C14H19N3O3/c1-2-20-14-11(4-3-7-15-14)9-17-13(19)10-5-6-12(18)16-8-10/h3-4,7,10H,2,5-6,8-9H2,1H3,(H,16,18)(H,17,19)/t10-/m0/s1. The van der Waals surface area contributed by atoms with Gasteiger partial charge < -0.3 is 15.4 Å². The molecule has 2 N–H and O–H groups in total. The summed E-state index contributed by atoms with van der Waals surface area (Å²) in [5.41, 5.74) is 0.850. The summed E-state index contributed by atoms with van der Waals surface area (Å²) in [5, 5.41) is 5.58. The molecule has 1 aliphatic rings. The summed E-state index contributed by atoms with van der Waals surface area (Å²) in [4.78, 5) is 27.2. The Bertz CT molecular complexity index is 480. The molecule has 2 rings (SSSR count). The van der Waals surface area contributed by atoms with Gasteiger partial charge in [0.05, 0.1) is 12.5 Å². The number of hydrogen-bond donors (Lipinski definition) is 2. The van der Waals surface area contributed by atoms with Gasteiger partial charge in [-0.15, -0.1) is 0 Å². The summed E-state index contributed by atoms with van der Waals surface area (Å²) in [6.07, 6.45) is 2.67. The van der Waals surface area contributed by atoms with Gasteiger partial charge in [-0.05, 0) is 19.4 Å². The van der Waals surface area contributed by atoms with Gasteiger partial charge in [0.15, 0.2) is 0 Å². The van der Waals surface area contributed by atoms with E-state index in [0.29, 0.717) is 38.4 Å². The van der Waals surface area contributed by atoms with Crippen molar-refractivity contribution in [1.29, 1.82) is 0 Å². The van der Waals surface area contributed by atoms with E-state index in [2.05, 4.69) is 15.6 Å². The monoisotopic (exact) mass is 277 g/mol. The highest BCUT2D eigenvalue weighted by Gasteiger charge is 2.24. The molecule has 108 valence electrons. The van der Waals surface area contributed by atoms with Crippen LogP contribution in [0.4, 0.5) is 0 Å². The van der Waals surface area contributed by atoms with Gasteiger partial charge >= 0.3 is 0 Å². The highest BCUT2D eigenvalue weighted by Crippen LogP contribution is 2.15. The van der Waals surface area contributed by atoms with Crippen LogP contribution in [0.5, 0.6) is 5.88 Å². The van der Waals surface area contributed by atoms with Crippen LogP contribution in [-0.4, -0.2) is 29.9 Å². The van der Waals surface area contributed by atoms with Crippen LogP contribution < -0.4 is 15.4 Å². The quantitative estimate of drug-likeness (QED) is 0.827. The Morgan fingerprint density at radius 2 is 2.45 bits per heavy atom. The molecule has 0 radical (unpaired) electrons. The summed E-state index contributed by atoms with van der Waals surface area (Å²) in [6.45, 7) is 3.22. The van der Waals surface area contributed by atoms with Gasteiger partial charge in [0.2, 0.25) is 17.7 Å². The van der Waals surface area contributed by atoms with E-state index in [-0.39, 0.29) is 17.7 Å². The minimum Gasteiger partial charge on any atom is -0.478 e. The first-order valence-electron chi connectivity index (χ1n) is 6.81. The van der Waals surface area contributed by atoms with Gasteiger partial charge in [-0.1, -0.05) is 6.07 Å². The molecule has 0 aliphatic carbocycles. The highest BCUT2D eigenvalue weighted by molar-refractivity contribution is 5.83. The van der Waals surface area contributed by atoms with Gasteiger partial charge in [0.25, 0.3) is 0 Å². The number of ether oxygens (including phenoxy) is 1. The van der Waals surface area contributed by atoms with Crippen molar-refractivity contribution in [2.75, 3.05) is 13.2 Å². The van der Waals surface area contributed by atoms with Gasteiger partial charge in [-0.3, -0.25) is 9.59 Å². The maximum Gasteiger partial charge on any atom is 0.225 e. The van der Waals surface area contributed by atoms with Crippen molar-refractivity contribution < 1.29 is 14.3 Å². The van der Waals surface area contributed by atoms with E-state index in [0.717, 1.165) is 5.56 Å². The first-order valence-corrected chi connectivity index (χ1v) is 6.81. The molecule has 1 fully saturated rings. The van der Waals surface area contributed by atoms with Crippen molar-refractivity contribution in [1.82, 2.24) is 15.6 Å². The maximum atomic E-state index is 12.0. The van der Waals surface area contributed by atoms with Crippen LogP contribution >= 0.6 is 0 Å². The first kappa shape index (κ1) is 14.3. The van der Waals surface area contributed by atoms with Crippen LogP contribution in [0.25, 0.3) is 0 Å². The Morgan fingerprint density at radius 1 is 1.60 bits per heavy atom. The molecule has 1 aromatic heterocycles. The smallest absolute Gasteiger partial charge is 0.225 e. The average molecular weight is 277 g/mol. The van der Waals surface area contributed by atoms with E-state index in [1.165, 1.54) is 0 Å². The topological polar surface area (TPSA) is 80.3 Å². The second-order valence-electron chi connectivity index (χ2n) is 4.66. The molecule has 0 bridgehead atoms. The highest BCUT2D eigenvalue weighted by atomic mass is 16.5. The summed E-state index contributed by atoms with van der Waals surface area (Å²) in [5.74, 6) is 0.364. The Labute approximate surface area is 117 Å². The number of carbonyl (C=O) groups is 2. The number of nitrogens with one attached hydrogen (secondary N) is 2. The van der Waals surface area contributed by atoms with Crippen LogP contribution in [0, 0.1) is 5.92 Å². The molecule has 1 saturated heterocycles. The Morgan fingerprint density at radius 3 is 3.15 bits per heavy atom. The summed E-state index contributed by atoms with van der Waals surface area (Å²) in [6, 6.07) is 3.69. The molecule has 1 atom stereocenters. The number of amides is 2. The van der Waals surface area contributed by atoms with E-state index < -0.39 is 0 Å². The van der Waals surface area contributed by atoms with E-state index in [9.17, 15) is 9.59 Å². The normalized spacial score (nSPS) is 18.2. The van der Waals surface area contributed by atoms with Gasteiger partial charge in [-0.25, -0.2) is 4.98 Å². The molecule has 1 aromatic rings. The molecule has 1 aliphatic heterocycles. The predicted molar refractivity (Wildman–Crippen MR) is 73.0 cm³/mol. The van der Waals surface area contributed by atoms with E-state index >= 15 is 0 Å². The SMILES string of the molecule is CCOc1ncccc1CNC(=O)[C@H]1CCC(=O)NC1. The number of hydrogen-bond acceptors (Lipinski definition) is 4. The third-order valence-electron chi connectivity index (χ3n) is 3.22. The number of piperidine rings is 1. The molecule has 0 saturated carbocycles. The number of carbonyl (C=O) groups excluding carboxylic acids is 2. The van der Waals surface area contributed by atoms with Crippen LogP contribution in [0.1, 0.15) is 25.3 Å². The molecule has 0 spiro atoms. The number of rotatable bonds is 5. The number of aromatic nitrogens is 1. The summed E-state index contributed by atoms with van der Waals surface area (Å²) < 4.78 is 5.41. The lowest BCUT2D eigenvalue weighted by molar-refractivity contribution is -0.129. The van der Waals surface area contributed by atoms with Crippen LogP contribution in [0.3, 0.4) is 0 Å². The molecule has 6 heteroatoms. The molecular weight excluding hydrogens is 258 g/mol. The van der Waals surface area contributed by atoms with Crippen molar-refractivity contribution >= 4 is 11.8 Å². The third kappa shape index (κ3) is 3.69. The number of pyridine rings is 1. The Kier molecular flexibility index (Phi) is 4.92. The Hall–Kier alpha value is -2.11. The molecule has 20 heavy (non-hydrogen) atoms. The van der Waals surface area contributed by atoms with Gasteiger partial charge in [-0.2, -0.15) is 0 Å². The van der Waals surface area contributed by atoms with Crippen LogP contribution in [-0.2, 0) is 16.1 Å². The molecule has 2 heterocycles. The van der Waals surface area contributed by atoms with E-state index in [1.54, 1.807) is 6.20 Å². The van der Waals surface area contributed by atoms with Crippen molar-refractivity contribution in [2.24, 2.45) is 5.92 Å². The van der Waals surface area contributed by atoms with Crippen molar-refractivity contribution in [2.45, 2.75) is 26.3 Å². The minimum atomic E-state index is -0.153. The van der Waals surface area contributed by atoms with Gasteiger partial charge in [0.1, 0.15) is 0 Å². The predicted octanol–water partition coefficient (Wildman–Crippen LogP) is 0.623. The fourth-order valence-electron chi connectivity index (χ4n) is 2.11. The molecular formula is C14H19N3O3.